The quantitative estimate of drug-likeness (QED) is 0.723. The Morgan fingerprint density at radius 2 is 2.10 bits per heavy atom. The van der Waals surface area contributed by atoms with Crippen LogP contribution in [0.25, 0.3) is 0 Å². The molecule has 1 atom stereocenters. The molecule has 0 spiro atoms. The van der Waals surface area contributed by atoms with E-state index in [-0.39, 0.29) is 0 Å². The van der Waals surface area contributed by atoms with E-state index in [2.05, 4.69) is 26.0 Å². The van der Waals surface area contributed by atoms with E-state index in [1.165, 1.54) is 7.11 Å². The number of carbonyl (C=O) groups excluding carboxylic acids is 1. The van der Waals surface area contributed by atoms with Gasteiger partial charge in [-0.3, -0.25) is 0 Å². The van der Waals surface area contributed by atoms with Crippen LogP contribution in [0.3, 0.4) is 0 Å². The van der Waals surface area contributed by atoms with Gasteiger partial charge in [-0.2, -0.15) is 0 Å². The number of esters is 1. The molecule has 0 radical (unpaired) electrons. The third-order valence-corrected chi connectivity index (χ3v) is 3.37. The molecule has 0 bridgehead atoms. The molecule has 0 aliphatic carbocycles. The van der Waals surface area contributed by atoms with Crippen molar-refractivity contribution < 1.29 is 19.0 Å². The van der Waals surface area contributed by atoms with E-state index >= 15 is 0 Å². The zero-order valence-corrected chi connectivity index (χ0v) is 14.5. The number of benzene rings is 1. The average molecular weight is 360 g/mol. The second kappa shape index (κ2) is 8.89. The zero-order valence-electron chi connectivity index (χ0n) is 12.9. The van der Waals surface area contributed by atoms with Gasteiger partial charge in [-0.15, -0.1) is 0 Å². The van der Waals surface area contributed by atoms with Crippen molar-refractivity contribution in [1.82, 2.24) is 5.32 Å². The Hall–Kier alpha value is -1.27. The van der Waals surface area contributed by atoms with Gasteiger partial charge in [0.1, 0.15) is 0 Å². The molecule has 0 saturated carbocycles. The van der Waals surface area contributed by atoms with E-state index in [4.69, 9.17) is 9.47 Å². The Labute approximate surface area is 134 Å². The molecule has 118 valence electrons. The molecule has 5 nitrogen and oxygen atoms in total. The Kier molecular flexibility index (Phi) is 7.53. The monoisotopic (exact) mass is 359 g/mol. The number of hydrogen-bond donors (Lipinski definition) is 1. The number of hydrogen-bond acceptors (Lipinski definition) is 5. The molecule has 21 heavy (non-hydrogen) atoms. The summed E-state index contributed by atoms with van der Waals surface area (Å²) in [5.41, 5.74) is 1.07. The molecular formula is C15H22BrNO4. The predicted molar refractivity (Wildman–Crippen MR) is 84.8 cm³/mol. The summed E-state index contributed by atoms with van der Waals surface area (Å²) in [6.45, 7) is 7.73. The number of methoxy groups -OCH3 is 1. The maximum absolute atomic E-state index is 11.5. The van der Waals surface area contributed by atoms with E-state index in [9.17, 15) is 4.79 Å². The fraction of sp³-hybridized carbons (Fsp3) is 0.533. The number of carbonyl (C=O) groups is 1. The first-order chi connectivity index (χ1) is 10.0. The molecule has 0 fully saturated rings. The Balaban J connectivity index is 3.03. The van der Waals surface area contributed by atoms with Crippen LogP contribution in [0.5, 0.6) is 11.5 Å². The minimum atomic E-state index is -0.704. The van der Waals surface area contributed by atoms with Crippen molar-refractivity contribution in [3.05, 3.63) is 22.2 Å². The predicted octanol–water partition coefficient (Wildman–Crippen LogP) is 2.90. The normalized spacial score (nSPS) is 11.9. The lowest BCUT2D eigenvalue weighted by molar-refractivity contribution is -0.147. The number of ether oxygens (including phenoxy) is 3. The van der Waals surface area contributed by atoms with Gasteiger partial charge in [0.05, 0.1) is 18.2 Å². The molecular weight excluding hydrogens is 338 g/mol. The van der Waals surface area contributed by atoms with Crippen molar-refractivity contribution in [3.63, 3.8) is 0 Å². The highest BCUT2D eigenvalue weighted by Crippen LogP contribution is 2.37. The molecule has 1 unspecified atom stereocenters. The van der Waals surface area contributed by atoms with Gasteiger partial charge >= 0.3 is 5.97 Å². The maximum atomic E-state index is 11.5. The smallest absolute Gasteiger partial charge is 0.346 e. The van der Waals surface area contributed by atoms with Gasteiger partial charge < -0.3 is 19.5 Å². The third-order valence-electron chi connectivity index (χ3n) is 2.78. The van der Waals surface area contributed by atoms with E-state index in [0.717, 1.165) is 23.1 Å². The SMILES string of the molecule is CCNCc1cc(Br)c(OC(C)C(=O)OC)c(OCC)c1. The molecule has 0 aromatic heterocycles. The molecule has 0 aliphatic rings. The van der Waals surface area contributed by atoms with Gasteiger partial charge in [-0.05, 0) is 54.0 Å². The number of rotatable bonds is 8. The summed E-state index contributed by atoms with van der Waals surface area (Å²) >= 11 is 3.47. The van der Waals surface area contributed by atoms with E-state index < -0.39 is 12.1 Å². The second-order valence-corrected chi connectivity index (χ2v) is 5.26. The second-order valence-electron chi connectivity index (χ2n) is 4.40. The lowest BCUT2D eigenvalue weighted by Crippen LogP contribution is -2.25. The van der Waals surface area contributed by atoms with E-state index in [1.54, 1.807) is 6.92 Å². The molecule has 0 amide bonds. The highest BCUT2D eigenvalue weighted by atomic mass is 79.9. The summed E-state index contributed by atoms with van der Waals surface area (Å²) in [6, 6.07) is 3.86. The Bertz CT molecular complexity index is 479. The first kappa shape index (κ1) is 17.8. The molecule has 1 aromatic carbocycles. The van der Waals surface area contributed by atoms with Crippen molar-refractivity contribution in [2.45, 2.75) is 33.4 Å². The topological polar surface area (TPSA) is 56.8 Å². The number of nitrogens with one attached hydrogen (secondary N) is 1. The highest BCUT2D eigenvalue weighted by molar-refractivity contribution is 9.10. The molecule has 1 aromatic rings. The molecule has 1 rings (SSSR count). The van der Waals surface area contributed by atoms with Crippen LogP contribution in [0.1, 0.15) is 26.3 Å². The Morgan fingerprint density at radius 3 is 2.67 bits per heavy atom. The van der Waals surface area contributed by atoms with E-state index in [0.29, 0.717) is 18.1 Å². The van der Waals surface area contributed by atoms with Crippen LogP contribution in [0.2, 0.25) is 0 Å². The summed E-state index contributed by atoms with van der Waals surface area (Å²) in [6.07, 6.45) is -0.704. The van der Waals surface area contributed by atoms with Crippen LogP contribution in [0.4, 0.5) is 0 Å². The van der Waals surface area contributed by atoms with Gasteiger partial charge in [0.2, 0.25) is 0 Å². The summed E-state index contributed by atoms with van der Waals surface area (Å²) in [5, 5.41) is 3.26. The largest absolute Gasteiger partial charge is 0.490 e. The van der Waals surface area contributed by atoms with Crippen LogP contribution in [-0.4, -0.2) is 32.3 Å². The minimum Gasteiger partial charge on any atom is -0.490 e. The van der Waals surface area contributed by atoms with Crippen molar-refractivity contribution in [2.75, 3.05) is 20.3 Å². The zero-order chi connectivity index (χ0) is 15.8. The van der Waals surface area contributed by atoms with Crippen LogP contribution in [0.15, 0.2) is 16.6 Å². The summed E-state index contributed by atoms with van der Waals surface area (Å²) in [4.78, 5) is 11.5. The van der Waals surface area contributed by atoms with Crippen molar-refractivity contribution in [2.24, 2.45) is 0 Å². The van der Waals surface area contributed by atoms with E-state index in [1.807, 2.05) is 26.0 Å². The van der Waals surface area contributed by atoms with Gasteiger partial charge in [0, 0.05) is 6.54 Å². The van der Waals surface area contributed by atoms with Crippen LogP contribution >= 0.6 is 15.9 Å². The van der Waals surface area contributed by atoms with Crippen molar-refractivity contribution >= 4 is 21.9 Å². The first-order valence-electron chi connectivity index (χ1n) is 6.93. The molecule has 1 N–H and O–H groups in total. The number of halogens is 1. The lowest BCUT2D eigenvalue weighted by atomic mass is 10.2. The van der Waals surface area contributed by atoms with Crippen molar-refractivity contribution in [1.29, 1.82) is 0 Å². The highest BCUT2D eigenvalue weighted by Gasteiger charge is 2.20. The molecule has 0 aliphatic heterocycles. The first-order valence-corrected chi connectivity index (χ1v) is 7.73. The fourth-order valence-corrected chi connectivity index (χ4v) is 2.34. The lowest BCUT2D eigenvalue weighted by Gasteiger charge is -2.18. The summed E-state index contributed by atoms with van der Waals surface area (Å²) in [7, 11) is 1.33. The molecule has 0 saturated heterocycles. The van der Waals surface area contributed by atoms with Crippen LogP contribution in [-0.2, 0) is 16.1 Å². The summed E-state index contributed by atoms with van der Waals surface area (Å²) in [5.74, 6) is 0.687. The van der Waals surface area contributed by atoms with Crippen LogP contribution < -0.4 is 14.8 Å². The van der Waals surface area contributed by atoms with Gasteiger partial charge in [0.15, 0.2) is 17.6 Å². The molecule has 6 heteroatoms. The standard InChI is InChI=1S/C15H22BrNO4/c1-5-17-9-11-7-12(16)14(13(8-11)20-6-2)21-10(3)15(18)19-4/h7-8,10,17H,5-6,9H2,1-4H3. The van der Waals surface area contributed by atoms with Gasteiger partial charge in [-0.25, -0.2) is 4.79 Å². The van der Waals surface area contributed by atoms with Gasteiger partial charge in [-0.1, -0.05) is 6.92 Å². The molecule has 0 heterocycles. The average Bonchev–Trinajstić information content (AvgIpc) is 2.47. The third kappa shape index (κ3) is 5.21. The van der Waals surface area contributed by atoms with Crippen molar-refractivity contribution in [3.8, 4) is 11.5 Å². The summed E-state index contributed by atoms with van der Waals surface area (Å²) < 4.78 is 16.7. The Morgan fingerprint density at radius 1 is 1.38 bits per heavy atom. The van der Waals surface area contributed by atoms with Gasteiger partial charge in [0.25, 0.3) is 0 Å². The van der Waals surface area contributed by atoms with Crippen LogP contribution in [0, 0.1) is 0 Å². The minimum absolute atomic E-state index is 0.430. The maximum Gasteiger partial charge on any atom is 0.346 e. The fourth-order valence-electron chi connectivity index (χ4n) is 1.76.